The number of halogens is 2. The molecule has 0 fully saturated rings. The number of carbonyl (C=O) groups is 2. The Labute approximate surface area is 227 Å². The maximum absolute atomic E-state index is 13.7. The lowest BCUT2D eigenvalue weighted by Gasteiger charge is -2.32. The molecule has 3 rings (SSSR count). The van der Waals surface area contributed by atoms with Crippen LogP contribution in [0.25, 0.3) is 0 Å². The number of hydrogen-bond donors (Lipinski definition) is 1. The number of nitrogens with one attached hydrogen (secondary N) is 1. The minimum absolute atomic E-state index is 0.0270. The number of benzene rings is 3. The Bertz CT molecular complexity index is 1370. The first-order valence-electron chi connectivity index (χ1n) is 11.8. The van der Waals surface area contributed by atoms with Crippen molar-refractivity contribution in [3.05, 3.63) is 89.2 Å². The van der Waals surface area contributed by atoms with Crippen LogP contribution in [0, 0.1) is 5.82 Å². The molecular weight excluding hydrogens is 533 g/mol. The average Bonchev–Trinajstić information content (AvgIpc) is 2.91. The summed E-state index contributed by atoms with van der Waals surface area (Å²) < 4.78 is 47.3. The summed E-state index contributed by atoms with van der Waals surface area (Å²) in [5, 5.41) is 2.92. The first-order valence-corrected chi connectivity index (χ1v) is 13.7. The van der Waals surface area contributed by atoms with Crippen LogP contribution in [0.2, 0.25) is 5.02 Å². The van der Waals surface area contributed by atoms with Crippen LogP contribution in [0.15, 0.2) is 77.7 Å². The van der Waals surface area contributed by atoms with Crippen molar-refractivity contribution in [1.29, 1.82) is 0 Å². The number of anilines is 1. The fourth-order valence-corrected chi connectivity index (χ4v) is 5.35. The van der Waals surface area contributed by atoms with Gasteiger partial charge in [-0.05, 0) is 74.0 Å². The quantitative estimate of drug-likeness (QED) is 0.378. The number of amides is 2. The third kappa shape index (κ3) is 6.81. The fraction of sp³-hybridized carbons (Fsp3) is 0.259. The molecule has 0 saturated carbocycles. The Kier molecular flexibility index (Phi) is 9.71. The second-order valence-electron chi connectivity index (χ2n) is 8.30. The van der Waals surface area contributed by atoms with Crippen molar-refractivity contribution in [2.24, 2.45) is 0 Å². The molecule has 0 spiro atoms. The molecule has 0 aliphatic rings. The standard InChI is InChI=1S/C27H29ClFN3O5S/c1-4-37-23-13-11-22(12-14-23)32(38(35,36)24-15-9-21(29)10-16-24)18-26(33)31(19(2)27(34)30-3)17-20-7-5-6-8-25(20)28/h5-16,19H,4,17-18H2,1-3H3,(H,30,34)/t19-/m0/s1. The van der Waals surface area contributed by atoms with Crippen molar-refractivity contribution in [3.63, 3.8) is 0 Å². The molecule has 2 amide bonds. The lowest BCUT2D eigenvalue weighted by Crippen LogP contribution is -2.50. The number of rotatable bonds is 11. The van der Waals surface area contributed by atoms with Gasteiger partial charge in [-0.15, -0.1) is 0 Å². The first-order chi connectivity index (χ1) is 18.1. The van der Waals surface area contributed by atoms with Gasteiger partial charge in [0.15, 0.2) is 0 Å². The molecule has 0 heterocycles. The molecule has 3 aromatic rings. The van der Waals surface area contributed by atoms with Gasteiger partial charge in [0.1, 0.15) is 24.2 Å². The van der Waals surface area contributed by atoms with E-state index in [4.69, 9.17) is 16.3 Å². The average molecular weight is 562 g/mol. The van der Waals surface area contributed by atoms with Gasteiger partial charge in [-0.3, -0.25) is 13.9 Å². The molecule has 0 unspecified atom stereocenters. The Morgan fingerprint density at radius 1 is 1.03 bits per heavy atom. The van der Waals surface area contributed by atoms with E-state index >= 15 is 0 Å². The van der Waals surface area contributed by atoms with Crippen LogP contribution in [0.5, 0.6) is 5.75 Å². The summed E-state index contributed by atoms with van der Waals surface area (Å²) in [5.74, 6) is -1.15. The van der Waals surface area contributed by atoms with E-state index in [2.05, 4.69) is 5.32 Å². The van der Waals surface area contributed by atoms with Gasteiger partial charge in [0.05, 0.1) is 17.2 Å². The summed E-state index contributed by atoms with van der Waals surface area (Å²) in [6.45, 7) is 3.13. The summed E-state index contributed by atoms with van der Waals surface area (Å²) in [4.78, 5) is 27.3. The molecule has 11 heteroatoms. The Morgan fingerprint density at radius 3 is 2.24 bits per heavy atom. The number of carbonyl (C=O) groups excluding carboxylic acids is 2. The van der Waals surface area contributed by atoms with Crippen LogP contribution in [0.1, 0.15) is 19.4 Å². The normalized spacial score (nSPS) is 11.9. The number of sulfonamides is 1. The van der Waals surface area contributed by atoms with E-state index in [1.807, 2.05) is 6.92 Å². The molecule has 0 saturated heterocycles. The molecule has 3 aromatic carbocycles. The molecule has 38 heavy (non-hydrogen) atoms. The van der Waals surface area contributed by atoms with Gasteiger partial charge in [-0.2, -0.15) is 0 Å². The van der Waals surface area contributed by atoms with Crippen LogP contribution < -0.4 is 14.4 Å². The molecule has 0 aliphatic heterocycles. The zero-order valence-electron chi connectivity index (χ0n) is 21.2. The number of hydrogen-bond acceptors (Lipinski definition) is 5. The van der Waals surface area contributed by atoms with Crippen molar-refractivity contribution in [1.82, 2.24) is 10.2 Å². The van der Waals surface area contributed by atoms with E-state index in [9.17, 15) is 22.4 Å². The van der Waals surface area contributed by atoms with Crippen molar-refractivity contribution in [3.8, 4) is 5.75 Å². The summed E-state index contributed by atoms with van der Waals surface area (Å²) in [6, 6.07) is 16.5. The molecular formula is C27H29ClFN3O5S. The second kappa shape index (κ2) is 12.7. The summed E-state index contributed by atoms with van der Waals surface area (Å²) >= 11 is 6.31. The molecule has 0 bridgehead atoms. The minimum Gasteiger partial charge on any atom is -0.494 e. The Hall–Kier alpha value is -3.63. The van der Waals surface area contributed by atoms with Crippen LogP contribution in [0.3, 0.4) is 0 Å². The van der Waals surface area contributed by atoms with Gasteiger partial charge < -0.3 is 15.0 Å². The summed E-state index contributed by atoms with van der Waals surface area (Å²) in [7, 11) is -2.86. The van der Waals surface area contributed by atoms with Crippen LogP contribution in [-0.2, 0) is 26.2 Å². The Balaban J connectivity index is 2.04. The second-order valence-corrected chi connectivity index (χ2v) is 10.6. The van der Waals surface area contributed by atoms with E-state index in [1.54, 1.807) is 43.3 Å². The van der Waals surface area contributed by atoms with E-state index in [0.717, 1.165) is 28.6 Å². The predicted molar refractivity (Wildman–Crippen MR) is 144 cm³/mol. The number of nitrogens with zero attached hydrogens (tertiary/aromatic N) is 2. The molecule has 8 nitrogen and oxygen atoms in total. The summed E-state index contributed by atoms with van der Waals surface area (Å²) in [5.41, 5.74) is 0.781. The maximum atomic E-state index is 13.7. The van der Waals surface area contributed by atoms with Crippen molar-refractivity contribution in [2.45, 2.75) is 31.3 Å². The number of likely N-dealkylation sites (N-methyl/N-ethyl adjacent to an activating group) is 1. The number of ether oxygens (including phenoxy) is 1. The van der Waals surface area contributed by atoms with E-state index < -0.39 is 40.2 Å². The predicted octanol–water partition coefficient (Wildman–Crippen LogP) is 4.24. The van der Waals surface area contributed by atoms with Gasteiger partial charge in [-0.1, -0.05) is 29.8 Å². The third-order valence-corrected chi connectivity index (χ3v) is 7.99. The molecule has 0 aromatic heterocycles. The van der Waals surface area contributed by atoms with Crippen molar-refractivity contribution in [2.75, 3.05) is 24.5 Å². The zero-order chi connectivity index (χ0) is 27.9. The Morgan fingerprint density at radius 2 is 1.66 bits per heavy atom. The third-order valence-electron chi connectivity index (χ3n) is 5.83. The highest BCUT2D eigenvalue weighted by Gasteiger charge is 2.32. The molecule has 0 radical (unpaired) electrons. The van der Waals surface area contributed by atoms with Crippen molar-refractivity contribution >= 4 is 39.1 Å². The molecule has 1 N–H and O–H groups in total. The van der Waals surface area contributed by atoms with E-state index in [1.165, 1.54) is 24.1 Å². The van der Waals surface area contributed by atoms with E-state index in [0.29, 0.717) is 22.9 Å². The minimum atomic E-state index is -4.31. The lowest BCUT2D eigenvalue weighted by atomic mass is 10.1. The fourth-order valence-electron chi connectivity index (χ4n) is 3.74. The maximum Gasteiger partial charge on any atom is 0.264 e. The molecule has 1 atom stereocenters. The molecule has 202 valence electrons. The topological polar surface area (TPSA) is 96.0 Å². The van der Waals surface area contributed by atoms with Crippen LogP contribution in [-0.4, -0.2) is 51.4 Å². The highest BCUT2D eigenvalue weighted by atomic mass is 35.5. The lowest BCUT2D eigenvalue weighted by molar-refractivity contribution is -0.139. The first kappa shape index (κ1) is 28.9. The van der Waals surface area contributed by atoms with Crippen molar-refractivity contribution < 1.29 is 27.1 Å². The molecule has 0 aliphatic carbocycles. The van der Waals surface area contributed by atoms with Crippen LogP contribution in [0.4, 0.5) is 10.1 Å². The van der Waals surface area contributed by atoms with Gasteiger partial charge in [-0.25, -0.2) is 12.8 Å². The van der Waals surface area contributed by atoms with Gasteiger partial charge in [0.25, 0.3) is 10.0 Å². The SMILES string of the molecule is CCOc1ccc(N(CC(=O)N(Cc2ccccc2Cl)[C@@H](C)C(=O)NC)S(=O)(=O)c2ccc(F)cc2)cc1. The highest BCUT2D eigenvalue weighted by Crippen LogP contribution is 2.27. The zero-order valence-corrected chi connectivity index (χ0v) is 22.8. The smallest absolute Gasteiger partial charge is 0.264 e. The largest absolute Gasteiger partial charge is 0.494 e. The monoisotopic (exact) mass is 561 g/mol. The van der Waals surface area contributed by atoms with Gasteiger partial charge >= 0.3 is 0 Å². The highest BCUT2D eigenvalue weighted by molar-refractivity contribution is 7.92. The van der Waals surface area contributed by atoms with Crippen LogP contribution >= 0.6 is 11.6 Å². The summed E-state index contributed by atoms with van der Waals surface area (Å²) in [6.07, 6.45) is 0. The van der Waals surface area contributed by atoms with Gasteiger partial charge in [0, 0.05) is 18.6 Å². The van der Waals surface area contributed by atoms with E-state index in [-0.39, 0.29) is 17.1 Å². The van der Waals surface area contributed by atoms with Gasteiger partial charge in [0.2, 0.25) is 11.8 Å².